The fourth-order valence-corrected chi connectivity index (χ4v) is 2.41. The third-order valence-electron chi connectivity index (χ3n) is 3.28. The van der Waals surface area contributed by atoms with Crippen LogP contribution in [0.15, 0.2) is 0 Å². The van der Waals surface area contributed by atoms with Crippen molar-refractivity contribution in [1.29, 1.82) is 0 Å². The lowest BCUT2D eigenvalue weighted by Crippen LogP contribution is -2.29. The van der Waals surface area contributed by atoms with Gasteiger partial charge in [-0.3, -0.25) is 0 Å². The first kappa shape index (κ1) is 12.5. The molecule has 0 spiro atoms. The second-order valence-electron chi connectivity index (χ2n) is 4.90. The molecule has 0 aromatic rings. The maximum atomic E-state index is 5.48. The van der Waals surface area contributed by atoms with Crippen molar-refractivity contribution in [1.82, 2.24) is 0 Å². The number of halogens is 1. The summed E-state index contributed by atoms with van der Waals surface area (Å²) in [6, 6.07) is 0. The first-order valence-corrected chi connectivity index (χ1v) is 6.35. The third-order valence-corrected chi connectivity index (χ3v) is 4.47. The highest BCUT2D eigenvalue weighted by Crippen LogP contribution is 2.37. The van der Waals surface area contributed by atoms with E-state index in [0.717, 1.165) is 25.0 Å². The molecule has 1 saturated heterocycles. The number of ether oxygens (including phenoxy) is 2. The van der Waals surface area contributed by atoms with E-state index in [0.29, 0.717) is 5.41 Å². The van der Waals surface area contributed by atoms with Crippen LogP contribution in [0.1, 0.15) is 33.1 Å². The van der Waals surface area contributed by atoms with Gasteiger partial charge in [0.15, 0.2) is 0 Å². The summed E-state index contributed by atoms with van der Waals surface area (Å²) in [5, 5.41) is 1.04. The zero-order valence-corrected chi connectivity index (χ0v) is 11.0. The highest BCUT2D eigenvalue weighted by Gasteiger charge is 2.35. The second-order valence-corrected chi connectivity index (χ2v) is 5.46. The predicted octanol–water partition coefficient (Wildman–Crippen LogP) is 2.99. The number of methoxy groups -OCH3 is 1. The van der Waals surface area contributed by atoms with Crippen LogP contribution in [-0.2, 0) is 9.47 Å². The van der Waals surface area contributed by atoms with Gasteiger partial charge in [-0.05, 0) is 33.1 Å². The maximum absolute atomic E-state index is 5.48. The van der Waals surface area contributed by atoms with E-state index in [1.54, 1.807) is 7.11 Å². The number of rotatable bonds is 5. The first-order chi connectivity index (χ1) is 6.54. The monoisotopic (exact) mass is 264 g/mol. The predicted molar refractivity (Wildman–Crippen MR) is 62.0 cm³/mol. The van der Waals surface area contributed by atoms with Gasteiger partial charge in [-0.1, -0.05) is 15.9 Å². The molecule has 0 saturated carbocycles. The lowest BCUT2D eigenvalue weighted by atomic mass is 9.82. The minimum Gasteiger partial charge on any atom is -0.381 e. The van der Waals surface area contributed by atoms with Crippen LogP contribution >= 0.6 is 15.9 Å². The Morgan fingerprint density at radius 3 is 2.64 bits per heavy atom. The molecule has 1 unspecified atom stereocenters. The largest absolute Gasteiger partial charge is 0.381 e. The minimum atomic E-state index is -0.00222. The molecular weight excluding hydrogens is 244 g/mol. The van der Waals surface area contributed by atoms with Crippen LogP contribution in [0.3, 0.4) is 0 Å². The molecule has 0 radical (unpaired) electrons. The number of hydrogen-bond donors (Lipinski definition) is 0. The molecule has 1 rings (SSSR count). The van der Waals surface area contributed by atoms with Gasteiger partial charge in [-0.15, -0.1) is 0 Å². The Balaban J connectivity index is 2.41. The van der Waals surface area contributed by atoms with Crippen molar-refractivity contribution in [2.45, 2.75) is 38.7 Å². The Labute approximate surface area is 95.5 Å². The molecule has 1 aliphatic heterocycles. The quantitative estimate of drug-likeness (QED) is 0.711. The van der Waals surface area contributed by atoms with Gasteiger partial charge in [0.1, 0.15) is 0 Å². The van der Waals surface area contributed by atoms with Crippen molar-refractivity contribution in [3.05, 3.63) is 0 Å². The summed E-state index contributed by atoms with van der Waals surface area (Å²) in [5.41, 5.74) is 0.355. The molecular formula is C11H21BrO2. The molecule has 0 aromatic carbocycles. The number of hydrogen-bond acceptors (Lipinski definition) is 2. The van der Waals surface area contributed by atoms with Crippen molar-refractivity contribution < 1.29 is 9.47 Å². The SMILES string of the molecule is COC(C)(C)CCC1(CBr)CCOC1. The normalized spacial score (nSPS) is 28.3. The Bertz CT molecular complexity index is 174. The van der Waals surface area contributed by atoms with Crippen LogP contribution in [0.5, 0.6) is 0 Å². The van der Waals surface area contributed by atoms with E-state index in [1.165, 1.54) is 12.8 Å². The van der Waals surface area contributed by atoms with Crippen molar-refractivity contribution in [3.8, 4) is 0 Å². The van der Waals surface area contributed by atoms with Gasteiger partial charge in [-0.25, -0.2) is 0 Å². The molecule has 1 aliphatic rings. The van der Waals surface area contributed by atoms with E-state index in [2.05, 4.69) is 29.8 Å². The lowest BCUT2D eigenvalue weighted by molar-refractivity contribution is 0.00431. The molecule has 84 valence electrons. The molecule has 0 N–H and O–H groups in total. The van der Waals surface area contributed by atoms with Crippen molar-refractivity contribution in [2.75, 3.05) is 25.7 Å². The second kappa shape index (κ2) is 4.95. The van der Waals surface area contributed by atoms with Crippen LogP contribution in [0, 0.1) is 5.41 Å². The molecule has 0 bridgehead atoms. The highest BCUT2D eigenvalue weighted by atomic mass is 79.9. The Morgan fingerprint density at radius 1 is 1.50 bits per heavy atom. The summed E-state index contributed by atoms with van der Waals surface area (Å²) in [6.07, 6.45) is 3.45. The summed E-state index contributed by atoms with van der Waals surface area (Å²) in [5.74, 6) is 0. The van der Waals surface area contributed by atoms with Crippen LogP contribution in [0.2, 0.25) is 0 Å². The molecule has 0 amide bonds. The van der Waals surface area contributed by atoms with Crippen molar-refractivity contribution >= 4 is 15.9 Å². The standard InChI is InChI=1S/C11H21BrO2/c1-10(2,13-3)4-5-11(8-12)6-7-14-9-11/h4-9H2,1-3H3. The van der Waals surface area contributed by atoms with E-state index in [9.17, 15) is 0 Å². The summed E-state index contributed by atoms with van der Waals surface area (Å²) in [4.78, 5) is 0. The van der Waals surface area contributed by atoms with Crippen LogP contribution in [0.25, 0.3) is 0 Å². The smallest absolute Gasteiger partial charge is 0.0623 e. The van der Waals surface area contributed by atoms with Crippen molar-refractivity contribution in [3.63, 3.8) is 0 Å². The van der Waals surface area contributed by atoms with Crippen LogP contribution in [0.4, 0.5) is 0 Å². The molecule has 0 aromatic heterocycles. The van der Waals surface area contributed by atoms with Crippen molar-refractivity contribution in [2.24, 2.45) is 5.41 Å². The van der Waals surface area contributed by atoms with E-state index < -0.39 is 0 Å². The van der Waals surface area contributed by atoms with Gasteiger partial charge in [0.05, 0.1) is 12.2 Å². The molecule has 3 heteroatoms. The fraction of sp³-hybridized carbons (Fsp3) is 1.00. The topological polar surface area (TPSA) is 18.5 Å². The minimum absolute atomic E-state index is 0.00222. The Hall–Kier alpha value is 0.400. The van der Waals surface area contributed by atoms with Gasteiger partial charge < -0.3 is 9.47 Å². The van der Waals surface area contributed by atoms with E-state index in [1.807, 2.05) is 0 Å². The first-order valence-electron chi connectivity index (χ1n) is 5.22. The molecule has 2 nitrogen and oxygen atoms in total. The van der Waals surface area contributed by atoms with Crippen LogP contribution in [-0.4, -0.2) is 31.3 Å². The van der Waals surface area contributed by atoms with Gasteiger partial charge >= 0.3 is 0 Å². The third kappa shape index (κ3) is 3.21. The zero-order chi connectivity index (χ0) is 10.7. The Kier molecular flexibility index (Phi) is 4.41. The summed E-state index contributed by atoms with van der Waals surface area (Å²) >= 11 is 3.60. The highest BCUT2D eigenvalue weighted by molar-refractivity contribution is 9.09. The Morgan fingerprint density at radius 2 is 2.21 bits per heavy atom. The molecule has 1 atom stereocenters. The maximum Gasteiger partial charge on any atom is 0.0623 e. The average Bonchev–Trinajstić information content (AvgIpc) is 2.65. The zero-order valence-electron chi connectivity index (χ0n) is 9.44. The fourth-order valence-electron chi connectivity index (χ4n) is 1.69. The average molecular weight is 265 g/mol. The van der Waals surface area contributed by atoms with Gasteiger partial charge in [-0.2, -0.15) is 0 Å². The molecule has 0 aliphatic carbocycles. The van der Waals surface area contributed by atoms with E-state index >= 15 is 0 Å². The lowest BCUT2D eigenvalue weighted by Gasteiger charge is -2.30. The summed E-state index contributed by atoms with van der Waals surface area (Å²) in [6.45, 7) is 6.10. The van der Waals surface area contributed by atoms with E-state index in [-0.39, 0.29) is 5.60 Å². The van der Waals surface area contributed by atoms with Gasteiger partial charge in [0.25, 0.3) is 0 Å². The van der Waals surface area contributed by atoms with Gasteiger partial charge in [0.2, 0.25) is 0 Å². The van der Waals surface area contributed by atoms with Gasteiger partial charge in [0, 0.05) is 24.5 Å². The van der Waals surface area contributed by atoms with E-state index in [4.69, 9.17) is 9.47 Å². The summed E-state index contributed by atoms with van der Waals surface area (Å²) < 4.78 is 10.9. The van der Waals surface area contributed by atoms with Crippen LogP contribution < -0.4 is 0 Å². The molecule has 1 heterocycles. The molecule has 1 fully saturated rings. The molecule has 14 heavy (non-hydrogen) atoms. The summed E-state index contributed by atoms with van der Waals surface area (Å²) in [7, 11) is 1.78. The number of alkyl halides is 1.